The van der Waals surface area contributed by atoms with Crippen molar-refractivity contribution in [2.24, 2.45) is 0 Å². The Bertz CT molecular complexity index is 876. The van der Waals surface area contributed by atoms with Gasteiger partial charge in [0.25, 0.3) is 0 Å². The molecular formula is C24H28N2O2. The number of hydrogen-bond acceptors (Lipinski definition) is 3. The van der Waals surface area contributed by atoms with Crippen LogP contribution in [-0.4, -0.2) is 12.5 Å². The highest BCUT2D eigenvalue weighted by Gasteiger charge is 2.41. The maximum atomic E-state index is 13.5. The number of nitrogens with zero attached hydrogens (tertiary/aromatic N) is 1. The van der Waals surface area contributed by atoms with Gasteiger partial charge < -0.3 is 10.1 Å². The van der Waals surface area contributed by atoms with Gasteiger partial charge in [0, 0.05) is 0 Å². The number of aryl methyl sites for hydroxylation is 1. The molecule has 0 atom stereocenters. The molecule has 4 nitrogen and oxygen atoms in total. The van der Waals surface area contributed by atoms with E-state index in [1.165, 1.54) is 0 Å². The van der Waals surface area contributed by atoms with Gasteiger partial charge in [0.15, 0.2) is 0 Å². The first kappa shape index (κ1) is 19.9. The quantitative estimate of drug-likeness (QED) is 0.724. The number of carbonyl (C=O) groups excluding carboxylic acids is 1. The van der Waals surface area contributed by atoms with E-state index in [9.17, 15) is 10.1 Å². The van der Waals surface area contributed by atoms with E-state index >= 15 is 0 Å². The minimum absolute atomic E-state index is 0.0171. The molecule has 28 heavy (non-hydrogen) atoms. The minimum Gasteiger partial charge on any atom is -0.494 e. The number of rotatable bonds is 6. The van der Waals surface area contributed by atoms with E-state index in [1.54, 1.807) is 12.1 Å². The van der Waals surface area contributed by atoms with Crippen molar-refractivity contribution >= 4 is 11.6 Å². The number of nitriles is 1. The fourth-order valence-electron chi connectivity index (χ4n) is 4.02. The van der Waals surface area contributed by atoms with Gasteiger partial charge >= 0.3 is 0 Å². The molecular weight excluding hydrogens is 348 g/mol. The molecule has 1 fully saturated rings. The molecule has 1 N–H and O–H groups in total. The first-order chi connectivity index (χ1) is 13.6. The summed E-state index contributed by atoms with van der Waals surface area (Å²) in [6, 6.07) is 15.7. The summed E-state index contributed by atoms with van der Waals surface area (Å²) >= 11 is 0. The summed E-state index contributed by atoms with van der Waals surface area (Å²) in [4.78, 5) is 13.5. The van der Waals surface area contributed by atoms with E-state index in [4.69, 9.17) is 4.74 Å². The van der Waals surface area contributed by atoms with Crippen LogP contribution in [-0.2, 0) is 10.2 Å². The van der Waals surface area contributed by atoms with Crippen molar-refractivity contribution in [3.63, 3.8) is 0 Å². The first-order valence-electron chi connectivity index (χ1n) is 10.1. The highest BCUT2D eigenvalue weighted by Crippen LogP contribution is 2.41. The van der Waals surface area contributed by atoms with Gasteiger partial charge in [-0.25, -0.2) is 0 Å². The average molecular weight is 377 g/mol. The third-order valence-electron chi connectivity index (χ3n) is 5.54. The lowest BCUT2D eigenvalue weighted by Gasteiger charge is -2.36. The second-order valence-electron chi connectivity index (χ2n) is 7.63. The molecule has 0 unspecified atom stereocenters. The van der Waals surface area contributed by atoms with Crippen LogP contribution in [0.4, 0.5) is 5.69 Å². The van der Waals surface area contributed by atoms with Gasteiger partial charge in [0.1, 0.15) is 11.8 Å². The largest absolute Gasteiger partial charge is 0.494 e. The topological polar surface area (TPSA) is 62.1 Å². The zero-order chi connectivity index (χ0) is 20.0. The van der Waals surface area contributed by atoms with Crippen molar-refractivity contribution in [1.82, 2.24) is 0 Å². The molecule has 0 aromatic heterocycles. The Kier molecular flexibility index (Phi) is 6.36. The molecule has 1 aliphatic carbocycles. The zero-order valence-electron chi connectivity index (χ0n) is 16.8. The van der Waals surface area contributed by atoms with Gasteiger partial charge in [-0.1, -0.05) is 56.0 Å². The minimum atomic E-state index is -0.533. The summed E-state index contributed by atoms with van der Waals surface area (Å²) in [5.41, 5.74) is 2.68. The van der Waals surface area contributed by atoms with Crippen LogP contribution in [0.5, 0.6) is 5.75 Å². The third kappa shape index (κ3) is 4.20. The van der Waals surface area contributed by atoms with E-state index < -0.39 is 5.41 Å². The molecule has 2 aromatic rings. The lowest BCUT2D eigenvalue weighted by Crippen LogP contribution is -2.42. The van der Waals surface area contributed by atoms with Gasteiger partial charge in [-0.2, -0.15) is 5.26 Å². The lowest BCUT2D eigenvalue weighted by molar-refractivity contribution is -0.122. The van der Waals surface area contributed by atoms with Crippen molar-refractivity contribution in [2.75, 3.05) is 11.9 Å². The summed E-state index contributed by atoms with van der Waals surface area (Å²) in [6.45, 7) is 4.70. The van der Waals surface area contributed by atoms with Gasteiger partial charge in [0.05, 0.1) is 23.3 Å². The molecule has 0 spiro atoms. The van der Waals surface area contributed by atoms with Crippen LogP contribution in [0.1, 0.15) is 62.1 Å². The molecule has 0 bridgehead atoms. The molecule has 3 rings (SSSR count). The zero-order valence-corrected chi connectivity index (χ0v) is 16.8. The molecule has 0 radical (unpaired) electrons. The van der Waals surface area contributed by atoms with Gasteiger partial charge in [-0.3, -0.25) is 4.79 Å². The average Bonchev–Trinajstić information content (AvgIpc) is 2.73. The smallest absolute Gasteiger partial charge is 0.235 e. The van der Waals surface area contributed by atoms with Crippen LogP contribution >= 0.6 is 0 Å². The van der Waals surface area contributed by atoms with Gasteiger partial charge in [-0.05, 0) is 49.9 Å². The van der Waals surface area contributed by atoms with Crippen molar-refractivity contribution < 1.29 is 9.53 Å². The third-order valence-corrected chi connectivity index (χ3v) is 5.54. The molecule has 2 aromatic carbocycles. The number of amides is 1. The normalized spacial score (nSPS) is 15.5. The molecule has 0 aliphatic heterocycles. The summed E-state index contributed by atoms with van der Waals surface area (Å²) < 4.78 is 5.61. The predicted molar refractivity (Wildman–Crippen MR) is 112 cm³/mol. The number of benzene rings is 2. The maximum absolute atomic E-state index is 13.5. The van der Waals surface area contributed by atoms with Crippen LogP contribution in [0.15, 0.2) is 42.5 Å². The summed E-state index contributed by atoms with van der Waals surface area (Å²) in [5.74, 6) is 0.638. The van der Waals surface area contributed by atoms with Gasteiger partial charge in [0.2, 0.25) is 5.91 Å². The van der Waals surface area contributed by atoms with Crippen molar-refractivity contribution in [1.29, 1.82) is 5.26 Å². The fourth-order valence-corrected chi connectivity index (χ4v) is 4.02. The number of ether oxygens (including phenoxy) is 1. The van der Waals surface area contributed by atoms with E-state index in [2.05, 4.69) is 36.5 Å². The van der Waals surface area contributed by atoms with Crippen LogP contribution < -0.4 is 10.1 Å². The summed E-state index contributed by atoms with van der Waals surface area (Å²) in [6.07, 6.45) is 5.81. The molecule has 1 amide bonds. The fraction of sp³-hybridized carbons (Fsp3) is 0.417. The lowest BCUT2D eigenvalue weighted by atomic mass is 9.68. The Morgan fingerprint density at radius 2 is 1.96 bits per heavy atom. The number of anilines is 1. The molecule has 146 valence electrons. The number of hydrogen-bond donors (Lipinski definition) is 1. The van der Waals surface area contributed by atoms with Crippen LogP contribution in [0.25, 0.3) is 0 Å². The Labute approximate surface area is 167 Å². The van der Waals surface area contributed by atoms with Crippen LogP contribution in [0.2, 0.25) is 0 Å². The molecule has 4 heteroatoms. The molecule has 1 saturated carbocycles. The monoisotopic (exact) mass is 376 g/mol. The van der Waals surface area contributed by atoms with Crippen LogP contribution in [0.3, 0.4) is 0 Å². The number of carbonyl (C=O) groups is 1. The Morgan fingerprint density at radius 3 is 2.64 bits per heavy atom. The van der Waals surface area contributed by atoms with Crippen molar-refractivity contribution in [3.05, 3.63) is 59.2 Å². The predicted octanol–water partition coefficient (Wildman–Crippen LogP) is 5.50. The van der Waals surface area contributed by atoms with E-state index in [1.807, 2.05) is 19.1 Å². The SMILES string of the molecule is CCCOc1ccc(NC(=O)C2(c3cccc(C)c3)CCCCC2)c(C#N)c1. The first-order valence-corrected chi connectivity index (χ1v) is 10.1. The molecule has 0 heterocycles. The second-order valence-corrected chi connectivity index (χ2v) is 7.63. The van der Waals surface area contributed by atoms with Gasteiger partial charge in [-0.15, -0.1) is 0 Å². The molecule has 1 aliphatic rings. The standard InChI is InChI=1S/C24H28N2O2/c1-3-14-28-21-10-11-22(19(16-21)17-25)26-23(27)24(12-5-4-6-13-24)20-9-7-8-18(2)15-20/h7-11,15-16H,3-6,12-14H2,1-2H3,(H,26,27). The van der Waals surface area contributed by atoms with Crippen molar-refractivity contribution in [3.8, 4) is 11.8 Å². The van der Waals surface area contributed by atoms with E-state index in [0.29, 0.717) is 23.6 Å². The number of nitrogens with one attached hydrogen (secondary N) is 1. The van der Waals surface area contributed by atoms with Crippen molar-refractivity contribution in [2.45, 2.75) is 57.8 Å². The van der Waals surface area contributed by atoms with E-state index in [-0.39, 0.29) is 5.91 Å². The summed E-state index contributed by atoms with van der Waals surface area (Å²) in [7, 11) is 0. The highest BCUT2D eigenvalue weighted by molar-refractivity contribution is 6.00. The second kappa shape index (κ2) is 8.93. The molecule has 0 saturated heterocycles. The Balaban J connectivity index is 1.90. The Morgan fingerprint density at radius 1 is 1.18 bits per heavy atom. The summed E-state index contributed by atoms with van der Waals surface area (Å²) in [5, 5.41) is 12.6. The van der Waals surface area contributed by atoms with Crippen LogP contribution in [0, 0.1) is 18.3 Å². The van der Waals surface area contributed by atoms with E-state index in [0.717, 1.165) is 49.7 Å². The Hall–Kier alpha value is -2.80. The maximum Gasteiger partial charge on any atom is 0.235 e. The highest BCUT2D eigenvalue weighted by atomic mass is 16.5.